The third-order valence-electron chi connectivity index (χ3n) is 5.28. The summed E-state index contributed by atoms with van der Waals surface area (Å²) in [5, 5.41) is 14.1. The SMILES string of the molecule is CC[NH+](CC)C[C@@H](O)CNC(=O)c1c(OC)c2ccccc2n1-c1ccccc1. The van der Waals surface area contributed by atoms with Crippen LogP contribution >= 0.6 is 0 Å². The van der Waals surface area contributed by atoms with Crippen LogP contribution in [0, 0.1) is 0 Å². The number of methoxy groups -OCH3 is 1. The molecule has 3 N–H and O–H groups in total. The minimum atomic E-state index is -0.602. The molecule has 2 aromatic carbocycles. The number of amides is 1. The number of quaternary nitrogens is 1. The van der Waals surface area contributed by atoms with E-state index in [1.807, 2.05) is 59.2 Å². The van der Waals surface area contributed by atoms with Gasteiger partial charge in [-0.3, -0.25) is 4.79 Å². The number of aliphatic hydroxyl groups excluding tert-OH is 1. The molecule has 0 saturated carbocycles. The van der Waals surface area contributed by atoms with Crippen LogP contribution in [-0.2, 0) is 0 Å². The van der Waals surface area contributed by atoms with Gasteiger partial charge in [0.25, 0.3) is 5.91 Å². The Bertz CT molecular complexity index is 949. The lowest BCUT2D eigenvalue weighted by Crippen LogP contribution is -3.12. The zero-order valence-corrected chi connectivity index (χ0v) is 17.3. The number of hydrogen-bond acceptors (Lipinski definition) is 3. The fourth-order valence-electron chi connectivity index (χ4n) is 3.71. The van der Waals surface area contributed by atoms with E-state index in [1.54, 1.807) is 7.11 Å². The molecule has 0 spiro atoms. The van der Waals surface area contributed by atoms with Gasteiger partial charge in [0.05, 0.1) is 25.7 Å². The zero-order chi connectivity index (χ0) is 20.8. The molecule has 154 valence electrons. The highest BCUT2D eigenvalue weighted by molar-refractivity contribution is 6.05. The van der Waals surface area contributed by atoms with Crippen molar-refractivity contribution < 1.29 is 19.5 Å². The van der Waals surface area contributed by atoms with E-state index in [9.17, 15) is 9.90 Å². The third kappa shape index (κ3) is 4.44. The molecule has 0 saturated heterocycles. The smallest absolute Gasteiger partial charge is 0.272 e. The Morgan fingerprint density at radius 1 is 1.10 bits per heavy atom. The van der Waals surface area contributed by atoms with Crippen LogP contribution in [0.3, 0.4) is 0 Å². The average Bonchev–Trinajstić information content (AvgIpc) is 3.10. The van der Waals surface area contributed by atoms with Crippen LogP contribution in [0.4, 0.5) is 0 Å². The lowest BCUT2D eigenvalue weighted by atomic mass is 10.2. The van der Waals surface area contributed by atoms with Crippen molar-refractivity contribution >= 4 is 16.8 Å². The second-order valence-corrected chi connectivity index (χ2v) is 7.10. The van der Waals surface area contributed by atoms with Crippen LogP contribution in [0.15, 0.2) is 54.6 Å². The quantitative estimate of drug-likeness (QED) is 0.515. The van der Waals surface area contributed by atoms with Crippen molar-refractivity contribution in [1.29, 1.82) is 0 Å². The predicted molar refractivity (Wildman–Crippen MR) is 115 cm³/mol. The lowest BCUT2D eigenvalue weighted by Gasteiger charge is -2.20. The molecule has 3 rings (SSSR count). The topological polar surface area (TPSA) is 67.9 Å². The zero-order valence-electron chi connectivity index (χ0n) is 17.3. The molecule has 0 unspecified atom stereocenters. The minimum Gasteiger partial charge on any atom is -0.494 e. The number of carbonyl (C=O) groups is 1. The fourth-order valence-corrected chi connectivity index (χ4v) is 3.71. The van der Waals surface area contributed by atoms with Gasteiger partial charge in [-0.1, -0.05) is 30.3 Å². The number of nitrogens with zero attached hydrogens (tertiary/aromatic N) is 1. The van der Waals surface area contributed by atoms with Crippen LogP contribution in [0.25, 0.3) is 16.6 Å². The van der Waals surface area contributed by atoms with Gasteiger partial charge in [0, 0.05) is 17.6 Å². The molecule has 0 fully saturated rings. The molecule has 1 atom stereocenters. The number of hydrogen-bond donors (Lipinski definition) is 3. The summed E-state index contributed by atoms with van der Waals surface area (Å²) in [7, 11) is 1.58. The minimum absolute atomic E-state index is 0.196. The molecule has 0 radical (unpaired) electrons. The normalized spacial score (nSPS) is 12.3. The van der Waals surface area contributed by atoms with Gasteiger partial charge < -0.3 is 24.6 Å². The summed E-state index contributed by atoms with van der Waals surface area (Å²) in [6, 6.07) is 17.5. The second kappa shape index (κ2) is 9.58. The second-order valence-electron chi connectivity index (χ2n) is 7.10. The highest BCUT2D eigenvalue weighted by Gasteiger charge is 2.25. The first-order valence-corrected chi connectivity index (χ1v) is 10.1. The highest BCUT2D eigenvalue weighted by Crippen LogP contribution is 2.35. The standard InChI is InChI=1S/C23H29N3O3/c1-4-25(5-2)16-18(27)15-24-23(28)21-22(29-3)19-13-9-10-14-20(19)26(21)17-11-7-6-8-12-17/h6-14,18,27H,4-5,15-16H2,1-3H3,(H,24,28)/p+1/t18-/m0/s1. The first-order valence-electron chi connectivity index (χ1n) is 10.1. The van der Waals surface area contributed by atoms with E-state index < -0.39 is 6.10 Å². The molecule has 1 aromatic heterocycles. The predicted octanol–water partition coefficient (Wildman–Crippen LogP) is 1.65. The Kier molecular flexibility index (Phi) is 6.90. The Balaban J connectivity index is 1.94. The number of aliphatic hydroxyl groups is 1. The first kappa shape index (κ1) is 20.9. The van der Waals surface area contributed by atoms with E-state index in [1.165, 1.54) is 4.90 Å². The summed E-state index contributed by atoms with van der Waals surface area (Å²) < 4.78 is 7.55. The number of ether oxygens (including phenoxy) is 1. The van der Waals surface area contributed by atoms with Gasteiger partial charge in [0.1, 0.15) is 12.6 Å². The molecule has 0 bridgehead atoms. The maximum Gasteiger partial charge on any atom is 0.272 e. The average molecular weight is 397 g/mol. The molecular formula is C23H30N3O3+. The van der Waals surface area contributed by atoms with Crippen molar-refractivity contribution in [2.75, 3.05) is 33.3 Å². The van der Waals surface area contributed by atoms with E-state index in [2.05, 4.69) is 19.2 Å². The largest absolute Gasteiger partial charge is 0.494 e. The molecule has 0 aliphatic carbocycles. The van der Waals surface area contributed by atoms with Crippen molar-refractivity contribution in [3.05, 3.63) is 60.3 Å². The number of likely N-dealkylation sites (N-methyl/N-ethyl adjacent to an activating group) is 1. The molecule has 6 nitrogen and oxygen atoms in total. The summed E-state index contributed by atoms with van der Waals surface area (Å²) in [6.45, 7) is 6.86. The maximum atomic E-state index is 13.2. The number of fused-ring (bicyclic) bond motifs is 1. The number of rotatable bonds is 9. The van der Waals surface area contributed by atoms with E-state index in [0.29, 0.717) is 18.0 Å². The third-order valence-corrected chi connectivity index (χ3v) is 5.28. The molecule has 29 heavy (non-hydrogen) atoms. The van der Waals surface area contributed by atoms with Crippen LogP contribution in [0.1, 0.15) is 24.3 Å². The number of aromatic nitrogens is 1. The van der Waals surface area contributed by atoms with Gasteiger partial charge in [-0.25, -0.2) is 0 Å². The van der Waals surface area contributed by atoms with Crippen LogP contribution in [0.5, 0.6) is 5.75 Å². The molecular weight excluding hydrogens is 366 g/mol. The molecule has 1 amide bonds. The molecule has 6 heteroatoms. The summed E-state index contributed by atoms with van der Waals surface area (Å²) >= 11 is 0. The van der Waals surface area contributed by atoms with Crippen molar-refractivity contribution in [1.82, 2.24) is 9.88 Å². The summed E-state index contributed by atoms with van der Waals surface area (Å²) in [5.74, 6) is 0.265. The van der Waals surface area contributed by atoms with Crippen molar-refractivity contribution in [3.8, 4) is 11.4 Å². The summed E-state index contributed by atoms with van der Waals surface area (Å²) in [4.78, 5) is 14.5. The summed E-state index contributed by atoms with van der Waals surface area (Å²) in [5.41, 5.74) is 2.21. The van der Waals surface area contributed by atoms with Crippen LogP contribution in [-0.4, -0.2) is 55.0 Å². The Labute approximate surface area is 171 Å². The van der Waals surface area contributed by atoms with Gasteiger partial charge in [0.15, 0.2) is 11.4 Å². The Hall–Kier alpha value is -2.83. The Morgan fingerprint density at radius 3 is 2.41 bits per heavy atom. The lowest BCUT2D eigenvalue weighted by molar-refractivity contribution is -0.899. The van der Waals surface area contributed by atoms with Gasteiger partial charge in [-0.05, 0) is 38.1 Å². The van der Waals surface area contributed by atoms with Gasteiger partial charge in [-0.15, -0.1) is 0 Å². The molecule has 1 heterocycles. The first-order chi connectivity index (χ1) is 14.1. The Morgan fingerprint density at radius 2 is 1.76 bits per heavy atom. The van der Waals surface area contributed by atoms with Crippen molar-refractivity contribution in [2.24, 2.45) is 0 Å². The van der Waals surface area contributed by atoms with E-state index >= 15 is 0 Å². The number of carbonyl (C=O) groups excluding carboxylic acids is 1. The molecule has 3 aromatic rings. The fraction of sp³-hybridized carbons (Fsp3) is 0.348. The highest BCUT2D eigenvalue weighted by atomic mass is 16.5. The van der Waals surface area contributed by atoms with E-state index in [0.717, 1.165) is 29.7 Å². The molecule has 0 aliphatic heterocycles. The van der Waals surface area contributed by atoms with Crippen LogP contribution in [0.2, 0.25) is 0 Å². The molecule has 0 aliphatic rings. The van der Waals surface area contributed by atoms with Gasteiger partial charge >= 0.3 is 0 Å². The van der Waals surface area contributed by atoms with E-state index in [4.69, 9.17) is 4.74 Å². The van der Waals surface area contributed by atoms with Crippen molar-refractivity contribution in [3.63, 3.8) is 0 Å². The van der Waals surface area contributed by atoms with Gasteiger partial charge in [-0.2, -0.15) is 0 Å². The number of benzene rings is 2. The van der Waals surface area contributed by atoms with Crippen LogP contribution < -0.4 is 15.0 Å². The van der Waals surface area contributed by atoms with E-state index in [-0.39, 0.29) is 12.5 Å². The number of para-hydroxylation sites is 2. The van der Waals surface area contributed by atoms with Gasteiger partial charge in [0.2, 0.25) is 0 Å². The number of nitrogens with one attached hydrogen (secondary N) is 2. The maximum absolute atomic E-state index is 13.2. The monoisotopic (exact) mass is 396 g/mol. The van der Waals surface area contributed by atoms with Crippen molar-refractivity contribution in [2.45, 2.75) is 20.0 Å². The summed E-state index contributed by atoms with van der Waals surface area (Å²) in [6.07, 6.45) is -0.602.